The van der Waals surface area contributed by atoms with E-state index in [1.807, 2.05) is 126 Å². The molecule has 0 saturated carbocycles. The molecule has 748 valence electrons. The second-order valence-electron chi connectivity index (χ2n) is 37.9. The summed E-state index contributed by atoms with van der Waals surface area (Å²) in [5.41, 5.74) is 22.3. The van der Waals surface area contributed by atoms with Crippen LogP contribution in [0.5, 0.6) is 34.5 Å². The van der Waals surface area contributed by atoms with E-state index in [1.165, 1.54) is 102 Å². The largest absolute Gasteiger partial charge is 0.490 e. The number of rotatable bonds is 38. The van der Waals surface area contributed by atoms with Crippen LogP contribution in [0.2, 0.25) is 0 Å². The van der Waals surface area contributed by atoms with Gasteiger partial charge in [0, 0.05) is 77.2 Å². The minimum Gasteiger partial charge on any atom is -0.490 e. The average molecular weight is 1920 g/mol. The molecular formula is C116H143N15O11. The fourth-order valence-corrected chi connectivity index (χ4v) is 17.4. The van der Waals surface area contributed by atoms with E-state index < -0.39 is 0 Å². The zero-order chi connectivity index (χ0) is 101. The van der Waals surface area contributed by atoms with Crippen molar-refractivity contribution in [3.63, 3.8) is 0 Å². The van der Waals surface area contributed by atoms with Crippen LogP contribution in [-0.4, -0.2) is 183 Å². The van der Waals surface area contributed by atoms with Gasteiger partial charge in [-0.15, -0.1) is 0 Å². The third-order valence-electron chi connectivity index (χ3n) is 24.3. The van der Waals surface area contributed by atoms with Gasteiger partial charge in [0.2, 0.25) is 40.9 Å². The zero-order valence-corrected chi connectivity index (χ0v) is 87.0. The molecule has 2 aliphatic rings. The van der Waals surface area contributed by atoms with E-state index in [4.69, 9.17) is 56.0 Å². The van der Waals surface area contributed by atoms with Crippen molar-refractivity contribution in [2.24, 2.45) is 11.8 Å². The molecule has 0 bridgehead atoms. The number of benzene rings is 10. The van der Waals surface area contributed by atoms with Crippen LogP contribution in [0.25, 0.3) is 91.3 Å². The smallest absolute Gasteiger partial charge is 0.258 e. The van der Waals surface area contributed by atoms with Gasteiger partial charge < -0.3 is 65.7 Å². The lowest BCUT2D eigenvalue weighted by Gasteiger charge is -2.15. The van der Waals surface area contributed by atoms with Gasteiger partial charge in [0.1, 0.15) is 0 Å². The number of likely N-dealkylation sites (tertiary alicyclic amines) is 2. The molecule has 2 saturated heterocycles. The molecule has 10 aromatic carbocycles. The van der Waals surface area contributed by atoms with Crippen molar-refractivity contribution in [1.82, 2.24) is 75.2 Å². The lowest BCUT2D eigenvalue weighted by atomic mass is 9.97. The van der Waals surface area contributed by atoms with Gasteiger partial charge in [-0.25, -0.2) is 0 Å². The predicted octanol–water partition coefficient (Wildman–Crippen LogP) is 25.1. The normalized spacial score (nSPS) is 13.0. The lowest BCUT2D eigenvalue weighted by Crippen LogP contribution is -2.18. The van der Waals surface area contributed by atoms with Crippen LogP contribution in [0.4, 0.5) is 0 Å². The molecule has 5 aromatic heterocycles. The number of nitrogens with zero attached hydrogens (tertiary/aromatic N) is 15. The summed E-state index contributed by atoms with van der Waals surface area (Å²) in [6, 6.07) is 70.3. The fourth-order valence-electron chi connectivity index (χ4n) is 17.4. The maximum atomic E-state index is 5.71. The van der Waals surface area contributed by atoms with Crippen molar-refractivity contribution in [2.75, 3.05) is 108 Å². The Morgan fingerprint density at radius 2 is 0.634 bits per heavy atom. The molecule has 17 rings (SSSR count). The molecule has 15 aromatic rings. The highest BCUT2D eigenvalue weighted by Crippen LogP contribution is 2.40. The first-order valence-electron chi connectivity index (χ1n) is 50.1. The van der Waals surface area contributed by atoms with Gasteiger partial charge in [0.05, 0.1) is 51.5 Å². The Morgan fingerprint density at radius 3 is 1.01 bits per heavy atom. The second-order valence-corrected chi connectivity index (χ2v) is 37.9. The summed E-state index contributed by atoms with van der Waals surface area (Å²) >= 11 is 0. The maximum absolute atomic E-state index is 5.71. The first-order valence-corrected chi connectivity index (χ1v) is 50.1. The van der Waals surface area contributed by atoms with Crippen LogP contribution in [0, 0.1) is 32.6 Å². The van der Waals surface area contributed by atoms with Crippen molar-refractivity contribution in [1.29, 1.82) is 0 Å². The maximum Gasteiger partial charge on any atom is 0.258 e. The minimum absolute atomic E-state index is 0.0734. The Balaban J connectivity index is 0.000000149. The van der Waals surface area contributed by atoms with Gasteiger partial charge in [0.25, 0.3) is 17.7 Å². The van der Waals surface area contributed by atoms with E-state index in [0.29, 0.717) is 145 Å². The Hall–Kier alpha value is -13.5. The van der Waals surface area contributed by atoms with Crippen LogP contribution < -0.4 is 28.4 Å². The Kier molecular flexibility index (Phi) is 39.0. The molecule has 26 nitrogen and oxygen atoms in total. The summed E-state index contributed by atoms with van der Waals surface area (Å²) in [4.78, 5) is 34.7. The van der Waals surface area contributed by atoms with Crippen LogP contribution in [0.15, 0.2) is 229 Å². The van der Waals surface area contributed by atoms with Gasteiger partial charge in [-0.1, -0.05) is 193 Å². The summed E-state index contributed by atoms with van der Waals surface area (Å²) in [6.07, 6.45) is 7.43. The number of ether oxygens (including phenoxy) is 6. The molecule has 0 N–H and O–H groups in total. The van der Waals surface area contributed by atoms with E-state index in [2.05, 4.69) is 296 Å². The molecule has 2 fully saturated rings. The second kappa shape index (κ2) is 52.3. The van der Waals surface area contributed by atoms with Gasteiger partial charge in [-0.2, -0.15) is 24.9 Å². The zero-order valence-electron chi connectivity index (χ0n) is 87.0. The Bertz CT molecular complexity index is 6440. The van der Waals surface area contributed by atoms with Crippen molar-refractivity contribution in [2.45, 2.75) is 187 Å². The number of hydrogen-bond acceptors (Lipinski definition) is 26. The number of hydrogen-bond donors (Lipinski definition) is 0. The van der Waals surface area contributed by atoms with Gasteiger partial charge in [-0.3, -0.25) is 9.80 Å². The average Bonchev–Trinajstić information content (AvgIpc) is 1.68. The quantitative estimate of drug-likeness (QED) is 0.0348. The van der Waals surface area contributed by atoms with Crippen LogP contribution in [-0.2, 0) is 45.6 Å². The number of aryl methyl sites for hydroxylation is 2. The summed E-state index contributed by atoms with van der Waals surface area (Å²) in [5.74, 6) is 11.4. The number of aromatic nitrogens is 10. The molecule has 2 unspecified atom stereocenters. The summed E-state index contributed by atoms with van der Waals surface area (Å²) in [5, 5.41) is 21.1. The summed E-state index contributed by atoms with van der Waals surface area (Å²) < 4.78 is 61.8. The van der Waals surface area contributed by atoms with Crippen molar-refractivity contribution < 1.29 is 51.0 Å². The molecule has 0 radical (unpaired) electrons. The third kappa shape index (κ3) is 29.8. The van der Waals surface area contributed by atoms with Crippen LogP contribution in [0.3, 0.4) is 0 Å². The molecule has 0 spiro atoms. The van der Waals surface area contributed by atoms with Gasteiger partial charge in [0.15, 0.2) is 34.5 Å². The van der Waals surface area contributed by atoms with E-state index in [-0.39, 0.29) is 11.8 Å². The molecule has 142 heavy (non-hydrogen) atoms. The highest BCUT2D eigenvalue weighted by molar-refractivity contribution is 5.69. The van der Waals surface area contributed by atoms with E-state index >= 15 is 0 Å². The van der Waals surface area contributed by atoms with Crippen molar-refractivity contribution in [3.05, 3.63) is 285 Å². The Labute approximate surface area is 838 Å². The standard InChI is InChI=1S/C25H31N3O.C24H29N3O3.C23H29N3O.2C22H27N3O3/c1-18(2)15-20-9-11-22(12-10-20)19(3)25-26-24(27-29-25)23-8-6-7-21(16-23)17-28-13-4-5-14-28;1-4-28-21-11-9-19(15-22(21)29-5-2)24-25-23(26-30-24)20-10-8-18(14-17(20)3)16-27-12-6-7-13-27;1-16(2)13-18-9-11-20(12-10-18)17(3)23-24-22(25-27-23)21-8-6-7-19(14-21)15-26(4)5;1-6-26-19-11-9-17(13-20(19)27-7-2)22-23-21(24-28-22)18-10-8-16(12-15(18)3)14-25(4)5;1-6-26-19-12-11-16(13-20(19)27-7-2)22-23-21(24-28-22)18-10-8-9-17(15(18)3)14-25(4)5/h6-12,16,18-19H,4-5,13-15,17H2,1-3H3;8-11,14-15H,4-7,12-13,16H2,1-3H3;6-12,14,16-17H,13,15H2,1-5H3;2*8-13H,6-7,14H2,1-5H3. The van der Waals surface area contributed by atoms with E-state index in [9.17, 15) is 0 Å². The van der Waals surface area contributed by atoms with E-state index in [1.54, 1.807) is 0 Å². The third-order valence-corrected chi connectivity index (χ3v) is 24.3. The topological polar surface area (TPSA) is 266 Å². The van der Waals surface area contributed by atoms with Crippen molar-refractivity contribution in [3.8, 4) is 126 Å². The van der Waals surface area contributed by atoms with E-state index in [0.717, 1.165) is 107 Å². The lowest BCUT2D eigenvalue weighted by molar-refractivity contribution is 0.288. The predicted molar refractivity (Wildman–Crippen MR) is 562 cm³/mol. The fraction of sp³-hybridized carbons (Fsp3) is 0.397. The molecule has 7 heterocycles. The first kappa shape index (κ1) is 106. The summed E-state index contributed by atoms with van der Waals surface area (Å²) in [6.45, 7) is 44.0. The SMILES string of the molecule is CC(C)Cc1ccc(C(C)c2nc(-c3cccc(CN(C)C)c3)no2)cc1.CC(C)Cc1ccc(C(C)c2nc(-c3cccc(CN4CCCC4)c3)no2)cc1.CCOc1ccc(-c2nc(-c3ccc(CN(C)C)cc3C)no2)cc1OCC.CCOc1ccc(-c2nc(-c3ccc(CN4CCCC4)cc3C)no2)cc1OCC.CCOc1ccc(-c2nc(-c3cccc(CN(C)C)c3C)no2)cc1OCC. The Morgan fingerprint density at radius 1 is 0.303 bits per heavy atom. The molecule has 2 aliphatic heterocycles. The van der Waals surface area contributed by atoms with Crippen LogP contribution in [0.1, 0.15) is 199 Å². The van der Waals surface area contributed by atoms with Crippen LogP contribution >= 0.6 is 0 Å². The van der Waals surface area contributed by atoms with Gasteiger partial charge >= 0.3 is 0 Å². The molecule has 0 aliphatic carbocycles. The molecular weight excluding hydrogens is 1780 g/mol. The monoisotopic (exact) mass is 1920 g/mol. The highest BCUT2D eigenvalue weighted by atomic mass is 16.5. The molecule has 2 atom stereocenters. The van der Waals surface area contributed by atoms with Crippen molar-refractivity contribution >= 4 is 0 Å². The molecule has 0 amide bonds. The highest BCUT2D eigenvalue weighted by Gasteiger charge is 2.26. The minimum atomic E-state index is 0.0734. The van der Waals surface area contributed by atoms with Gasteiger partial charge in [-0.05, 0) is 328 Å². The molecule has 26 heteroatoms. The first-order chi connectivity index (χ1) is 68.7. The summed E-state index contributed by atoms with van der Waals surface area (Å²) in [7, 11) is 12.4.